The molecule has 2 amide bonds. The molecule has 1 aromatic rings. The van der Waals surface area contributed by atoms with Crippen LogP contribution in [-0.4, -0.2) is 71.3 Å². The van der Waals surface area contributed by atoms with E-state index in [1.807, 2.05) is 32.1 Å². The quantitative estimate of drug-likeness (QED) is 0.155. The van der Waals surface area contributed by atoms with Crippen LogP contribution in [-0.2, 0) is 23.9 Å². The lowest BCUT2D eigenvalue weighted by atomic mass is 9.66. The Morgan fingerprint density at radius 2 is 1.93 bits per heavy atom. The minimum atomic E-state index is -1.14. The lowest BCUT2D eigenvalue weighted by Gasteiger charge is -2.37. The van der Waals surface area contributed by atoms with E-state index in [2.05, 4.69) is 13.2 Å². The average molecular weight is 601 g/mol. The number of aliphatic hydroxyl groups is 1. The Morgan fingerprint density at radius 1 is 1.17 bits per heavy atom. The number of rotatable bonds is 16. The first-order chi connectivity index (χ1) is 20.2. The summed E-state index contributed by atoms with van der Waals surface area (Å²) in [6.45, 7) is 12.3. The fourth-order valence-electron chi connectivity index (χ4n) is 7.24. The number of halogens is 1. The normalized spacial score (nSPS) is 27.7. The van der Waals surface area contributed by atoms with E-state index < -0.39 is 35.0 Å². The second kappa shape index (κ2) is 13.7. The summed E-state index contributed by atoms with van der Waals surface area (Å²) in [4.78, 5) is 45.8. The zero-order valence-electron chi connectivity index (χ0n) is 25.0. The van der Waals surface area contributed by atoms with Crippen LogP contribution in [0.4, 0.5) is 5.69 Å². The van der Waals surface area contributed by atoms with Gasteiger partial charge in [-0.3, -0.25) is 14.4 Å². The summed E-state index contributed by atoms with van der Waals surface area (Å²) in [5.41, 5.74) is -0.634. The number of carbonyl (C=O) groups is 3. The number of fused-ring (bicyclic) bond motifs is 1. The highest BCUT2D eigenvalue weighted by Crippen LogP contribution is 2.63. The van der Waals surface area contributed by atoms with Crippen molar-refractivity contribution in [3.8, 4) is 0 Å². The number of unbranched alkanes of at least 4 members (excludes halogenated alkanes) is 5. The van der Waals surface area contributed by atoms with Gasteiger partial charge in [0, 0.05) is 19.7 Å². The van der Waals surface area contributed by atoms with Gasteiger partial charge >= 0.3 is 5.97 Å². The number of hydrogen-bond acceptors (Lipinski definition) is 6. The first-order valence-corrected chi connectivity index (χ1v) is 15.6. The third kappa shape index (κ3) is 5.90. The highest BCUT2D eigenvalue weighted by molar-refractivity contribution is 6.34. The van der Waals surface area contributed by atoms with Gasteiger partial charge < -0.3 is 24.4 Å². The van der Waals surface area contributed by atoms with Gasteiger partial charge in [0.1, 0.15) is 17.6 Å². The third-order valence-corrected chi connectivity index (χ3v) is 9.46. The number of anilines is 1. The Morgan fingerprint density at radius 3 is 2.62 bits per heavy atom. The van der Waals surface area contributed by atoms with Gasteiger partial charge in [0.25, 0.3) is 5.91 Å². The molecule has 8 nitrogen and oxygen atoms in total. The van der Waals surface area contributed by atoms with Crippen LogP contribution in [0.5, 0.6) is 0 Å². The van der Waals surface area contributed by atoms with Crippen LogP contribution in [0.2, 0.25) is 5.02 Å². The van der Waals surface area contributed by atoms with E-state index in [1.165, 1.54) is 0 Å². The molecule has 2 bridgehead atoms. The van der Waals surface area contributed by atoms with E-state index in [4.69, 9.17) is 21.1 Å². The molecule has 1 N–H and O–H groups in total. The van der Waals surface area contributed by atoms with Crippen LogP contribution in [0.25, 0.3) is 0 Å². The predicted molar refractivity (Wildman–Crippen MR) is 163 cm³/mol. The van der Waals surface area contributed by atoms with Crippen molar-refractivity contribution in [2.45, 2.75) is 88.9 Å². The number of para-hydroxylation sites is 1. The summed E-state index contributed by atoms with van der Waals surface area (Å²) in [6, 6.07) is 4.55. The van der Waals surface area contributed by atoms with Gasteiger partial charge in [0.15, 0.2) is 0 Å². The van der Waals surface area contributed by atoms with E-state index in [1.54, 1.807) is 21.9 Å². The van der Waals surface area contributed by atoms with Crippen molar-refractivity contribution in [3.05, 3.63) is 54.1 Å². The molecular formula is C33H45ClN2O6. The third-order valence-electron chi connectivity index (χ3n) is 9.15. The molecule has 3 saturated heterocycles. The van der Waals surface area contributed by atoms with Crippen molar-refractivity contribution < 1.29 is 29.0 Å². The molecule has 0 aromatic heterocycles. The Kier molecular flexibility index (Phi) is 10.5. The minimum Gasteiger partial charge on any atom is -0.465 e. The number of carbonyl (C=O) groups excluding carboxylic acids is 3. The van der Waals surface area contributed by atoms with Gasteiger partial charge in [-0.15, -0.1) is 13.2 Å². The summed E-state index contributed by atoms with van der Waals surface area (Å²) in [5, 5.41) is 9.62. The lowest BCUT2D eigenvalue weighted by Crippen LogP contribution is -2.56. The van der Waals surface area contributed by atoms with Crippen LogP contribution in [0.3, 0.4) is 0 Å². The van der Waals surface area contributed by atoms with Crippen LogP contribution >= 0.6 is 11.6 Å². The SMILES string of the molecule is C=CCCCCOC(=O)[C@@H]1[C@H]2C(=O)N(CCCCCCO)C(C(=O)N(CC=C)c3c(C)cccc3Cl)C23CC[C@@]1(C)O3. The standard InChI is InChI=1S/C33H45ClN2O6/c1-5-7-8-13-22-41-31(40)26-25-29(38)36(20-11-9-10-12-21-37)28(33(25)18-17-32(26,4)42-33)30(39)35(19-6-2)27-23(3)15-14-16-24(27)34/h5-6,14-16,25-26,28,37H,1-2,7-13,17-22H2,3-4H3/t25-,26-,28?,32+,33?/m0/s1. The average Bonchev–Trinajstić information content (AvgIpc) is 3.52. The number of hydrogen-bond donors (Lipinski definition) is 1. The molecule has 230 valence electrons. The smallest absolute Gasteiger partial charge is 0.312 e. The second-order valence-electron chi connectivity index (χ2n) is 12.0. The van der Waals surface area contributed by atoms with Crippen LogP contribution < -0.4 is 4.90 Å². The number of aliphatic hydroxyl groups excluding tert-OH is 1. The second-order valence-corrected chi connectivity index (χ2v) is 12.4. The highest BCUT2D eigenvalue weighted by atomic mass is 35.5. The summed E-state index contributed by atoms with van der Waals surface area (Å²) in [6.07, 6.45) is 9.91. The molecule has 1 spiro atoms. The molecule has 3 aliphatic heterocycles. The highest BCUT2D eigenvalue weighted by Gasteiger charge is 2.78. The number of allylic oxidation sites excluding steroid dienone is 1. The molecule has 9 heteroatoms. The number of likely N-dealkylation sites (tertiary alicyclic amines) is 1. The molecule has 0 saturated carbocycles. The van der Waals surface area contributed by atoms with Gasteiger partial charge in [-0.2, -0.15) is 0 Å². The van der Waals surface area contributed by atoms with Gasteiger partial charge in [0.05, 0.1) is 28.8 Å². The van der Waals surface area contributed by atoms with Crippen LogP contribution in [0, 0.1) is 18.8 Å². The van der Waals surface area contributed by atoms with E-state index >= 15 is 0 Å². The summed E-state index contributed by atoms with van der Waals surface area (Å²) in [7, 11) is 0. The predicted octanol–water partition coefficient (Wildman–Crippen LogP) is 5.38. The number of amides is 2. The topological polar surface area (TPSA) is 96.4 Å². The molecule has 0 aliphatic carbocycles. The van der Waals surface area contributed by atoms with Crippen molar-refractivity contribution in [2.75, 3.05) is 31.2 Å². The fourth-order valence-corrected chi connectivity index (χ4v) is 7.56. The number of nitrogens with zero attached hydrogens (tertiary/aromatic N) is 2. The molecular weight excluding hydrogens is 556 g/mol. The summed E-state index contributed by atoms with van der Waals surface area (Å²) in [5.74, 6) is -2.55. The van der Waals surface area contributed by atoms with Crippen molar-refractivity contribution in [2.24, 2.45) is 11.8 Å². The largest absolute Gasteiger partial charge is 0.465 e. The maximum atomic E-state index is 14.7. The summed E-state index contributed by atoms with van der Waals surface area (Å²) < 4.78 is 12.5. The molecule has 5 atom stereocenters. The molecule has 3 heterocycles. The van der Waals surface area contributed by atoms with Gasteiger partial charge in [-0.25, -0.2) is 0 Å². The molecule has 42 heavy (non-hydrogen) atoms. The Hall–Kier alpha value is -2.68. The molecule has 1 aromatic carbocycles. The first kappa shape index (κ1) is 32.2. The number of aryl methyl sites for hydroxylation is 1. The number of ether oxygens (including phenoxy) is 2. The van der Waals surface area contributed by atoms with Gasteiger partial charge in [0.2, 0.25) is 5.91 Å². The number of benzene rings is 1. The molecule has 3 fully saturated rings. The molecule has 2 unspecified atom stereocenters. The Labute approximate surface area is 254 Å². The Bertz CT molecular complexity index is 1170. The Balaban J connectivity index is 1.69. The van der Waals surface area contributed by atoms with Crippen molar-refractivity contribution in [1.29, 1.82) is 0 Å². The molecule has 4 rings (SSSR count). The molecule has 0 radical (unpaired) electrons. The van der Waals surface area contributed by atoms with Crippen LogP contribution in [0.15, 0.2) is 43.5 Å². The zero-order valence-corrected chi connectivity index (χ0v) is 25.7. The van der Waals surface area contributed by atoms with Crippen LogP contribution in [0.1, 0.15) is 70.3 Å². The monoisotopic (exact) mass is 600 g/mol. The van der Waals surface area contributed by atoms with E-state index in [0.29, 0.717) is 49.4 Å². The summed E-state index contributed by atoms with van der Waals surface area (Å²) >= 11 is 6.64. The lowest BCUT2D eigenvalue weighted by molar-refractivity contribution is -0.159. The fraction of sp³-hybridized carbons (Fsp3) is 0.606. The van der Waals surface area contributed by atoms with Crippen molar-refractivity contribution in [1.82, 2.24) is 4.90 Å². The van der Waals surface area contributed by atoms with E-state index in [-0.39, 0.29) is 31.6 Å². The first-order valence-electron chi connectivity index (χ1n) is 15.2. The maximum absolute atomic E-state index is 14.7. The van der Waals surface area contributed by atoms with E-state index in [9.17, 15) is 19.5 Å². The number of esters is 1. The zero-order chi connectivity index (χ0) is 30.5. The van der Waals surface area contributed by atoms with Gasteiger partial charge in [-0.05, 0) is 70.4 Å². The maximum Gasteiger partial charge on any atom is 0.312 e. The van der Waals surface area contributed by atoms with E-state index in [0.717, 1.165) is 31.2 Å². The molecule has 3 aliphatic rings. The van der Waals surface area contributed by atoms with Crippen molar-refractivity contribution in [3.63, 3.8) is 0 Å². The van der Waals surface area contributed by atoms with Gasteiger partial charge in [-0.1, -0.05) is 48.7 Å². The minimum absolute atomic E-state index is 0.118. The van der Waals surface area contributed by atoms with Crippen molar-refractivity contribution >= 4 is 35.1 Å².